The molecule has 0 bridgehead atoms. The van der Waals surface area contributed by atoms with Crippen LogP contribution in [0.4, 0.5) is 0 Å². The van der Waals surface area contributed by atoms with E-state index in [2.05, 4.69) is 26.2 Å². The fourth-order valence-corrected chi connectivity index (χ4v) is 2.18. The van der Waals surface area contributed by atoms with Gasteiger partial charge in [0, 0.05) is 6.04 Å². The van der Waals surface area contributed by atoms with Gasteiger partial charge in [0.05, 0.1) is 0 Å². The van der Waals surface area contributed by atoms with Crippen LogP contribution in [0.3, 0.4) is 0 Å². The summed E-state index contributed by atoms with van der Waals surface area (Å²) in [6, 6.07) is 0.780. The minimum atomic E-state index is 0.780. The van der Waals surface area contributed by atoms with E-state index in [-0.39, 0.29) is 0 Å². The summed E-state index contributed by atoms with van der Waals surface area (Å²) in [5, 5.41) is 3.42. The largest absolute Gasteiger partial charge is 0.317 e. The molecule has 0 heterocycles. The maximum absolute atomic E-state index is 3.42. The molecule has 3 atom stereocenters. The van der Waals surface area contributed by atoms with Gasteiger partial charge in [-0.15, -0.1) is 0 Å². The molecule has 3 unspecified atom stereocenters. The molecule has 0 spiro atoms. The maximum atomic E-state index is 3.42. The molecular formula is C11H23N. The highest BCUT2D eigenvalue weighted by Gasteiger charge is 2.17. The van der Waals surface area contributed by atoms with Crippen LogP contribution in [0.15, 0.2) is 0 Å². The Bertz CT molecular complexity index is 122. The minimum Gasteiger partial charge on any atom is -0.317 e. The van der Waals surface area contributed by atoms with Gasteiger partial charge in [-0.25, -0.2) is 0 Å². The van der Waals surface area contributed by atoms with E-state index >= 15 is 0 Å². The Balaban J connectivity index is 2.37. The van der Waals surface area contributed by atoms with E-state index in [9.17, 15) is 0 Å². The van der Waals surface area contributed by atoms with Crippen LogP contribution in [0.25, 0.3) is 0 Å². The van der Waals surface area contributed by atoms with E-state index in [1.165, 1.54) is 32.1 Å². The average Bonchev–Trinajstić information content (AvgIpc) is 2.06. The molecular weight excluding hydrogens is 146 g/mol. The zero-order valence-electron chi connectivity index (χ0n) is 8.77. The van der Waals surface area contributed by atoms with Crippen LogP contribution in [0, 0.1) is 11.8 Å². The fourth-order valence-electron chi connectivity index (χ4n) is 2.18. The monoisotopic (exact) mass is 169 g/mol. The standard InChI is InChI=1S/C11H23N/c1-9-4-5-10(2)8-11(12-3)7-6-9/h9-12H,4-8H2,1-3H3. The number of nitrogens with one attached hydrogen (secondary N) is 1. The van der Waals surface area contributed by atoms with Gasteiger partial charge in [-0.1, -0.05) is 26.7 Å². The lowest BCUT2D eigenvalue weighted by atomic mass is 9.85. The van der Waals surface area contributed by atoms with Crippen LogP contribution in [0.5, 0.6) is 0 Å². The van der Waals surface area contributed by atoms with Gasteiger partial charge >= 0.3 is 0 Å². The van der Waals surface area contributed by atoms with Crippen LogP contribution in [0.2, 0.25) is 0 Å². The third-order valence-electron chi connectivity index (χ3n) is 3.26. The van der Waals surface area contributed by atoms with E-state index in [0.29, 0.717) is 0 Å². The van der Waals surface area contributed by atoms with Crippen molar-refractivity contribution in [3.63, 3.8) is 0 Å². The lowest BCUT2D eigenvalue weighted by molar-refractivity contribution is 0.296. The van der Waals surface area contributed by atoms with Crippen molar-refractivity contribution in [2.75, 3.05) is 7.05 Å². The topological polar surface area (TPSA) is 12.0 Å². The summed E-state index contributed by atoms with van der Waals surface area (Å²) < 4.78 is 0. The van der Waals surface area contributed by atoms with E-state index in [1.54, 1.807) is 0 Å². The van der Waals surface area contributed by atoms with Crippen molar-refractivity contribution in [3.8, 4) is 0 Å². The zero-order chi connectivity index (χ0) is 8.97. The van der Waals surface area contributed by atoms with Crippen LogP contribution >= 0.6 is 0 Å². The lowest BCUT2D eigenvalue weighted by Crippen LogP contribution is -2.29. The summed E-state index contributed by atoms with van der Waals surface area (Å²) >= 11 is 0. The molecule has 1 rings (SSSR count). The maximum Gasteiger partial charge on any atom is 0.00667 e. The first-order chi connectivity index (χ1) is 5.72. The summed E-state index contributed by atoms with van der Waals surface area (Å²) in [7, 11) is 2.10. The normalized spacial score (nSPS) is 38.8. The molecule has 12 heavy (non-hydrogen) atoms. The summed E-state index contributed by atoms with van der Waals surface area (Å²) in [4.78, 5) is 0. The Morgan fingerprint density at radius 2 is 1.50 bits per heavy atom. The molecule has 72 valence electrons. The molecule has 0 saturated heterocycles. The Hall–Kier alpha value is -0.0400. The Kier molecular flexibility index (Phi) is 4.07. The summed E-state index contributed by atoms with van der Waals surface area (Å²) in [5.41, 5.74) is 0. The first-order valence-electron chi connectivity index (χ1n) is 5.39. The molecule has 1 nitrogen and oxygen atoms in total. The molecule has 1 saturated carbocycles. The van der Waals surface area contributed by atoms with Gasteiger partial charge in [0.25, 0.3) is 0 Å². The highest BCUT2D eigenvalue weighted by atomic mass is 14.9. The second kappa shape index (κ2) is 4.86. The highest BCUT2D eigenvalue weighted by Crippen LogP contribution is 2.25. The highest BCUT2D eigenvalue weighted by molar-refractivity contribution is 4.73. The summed E-state index contributed by atoms with van der Waals surface area (Å²) in [6.45, 7) is 4.78. The summed E-state index contributed by atoms with van der Waals surface area (Å²) in [5.74, 6) is 1.87. The fraction of sp³-hybridized carbons (Fsp3) is 1.00. The first kappa shape index (κ1) is 10.0. The van der Waals surface area contributed by atoms with Gasteiger partial charge < -0.3 is 5.32 Å². The van der Waals surface area contributed by atoms with Crippen LogP contribution in [-0.2, 0) is 0 Å². The second-order valence-corrected chi connectivity index (χ2v) is 4.59. The Morgan fingerprint density at radius 1 is 0.917 bits per heavy atom. The Morgan fingerprint density at radius 3 is 2.17 bits per heavy atom. The third kappa shape index (κ3) is 3.14. The minimum absolute atomic E-state index is 0.780. The van der Waals surface area contributed by atoms with Gasteiger partial charge in [0.2, 0.25) is 0 Å². The lowest BCUT2D eigenvalue weighted by Gasteiger charge is -2.26. The van der Waals surface area contributed by atoms with Crippen molar-refractivity contribution < 1.29 is 0 Å². The molecule has 0 aromatic carbocycles. The van der Waals surface area contributed by atoms with Crippen LogP contribution in [-0.4, -0.2) is 13.1 Å². The number of hydrogen-bond donors (Lipinski definition) is 1. The van der Waals surface area contributed by atoms with Crippen molar-refractivity contribution in [1.29, 1.82) is 0 Å². The SMILES string of the molecule is CNC1CCC(C)CCC(C)C1. The molecule has 0 aromatic heterocycles. The van der Waals surface area contributed by atoms with Gasteiger partial charge in [-0.3, -0.25) is 0 Å². The van der Waals surface area contributed by atoms with Crippen LogP contribution < -0.4 is 5.32 Å². The smallest absolute Gasteiger partial charge is 0.00667 e. The molecule has 1 N–H and O–H groups in total. The molecule has 0 aliphatic heterocycles. The van der Waals surface area contributed by atoms with E-state index < -0.39 is 0 Å². The van der Waals surface area contributed by atoms with Gasteiger partial charge in [0.1, 0.15) is 0 Å². The van der Waals surface area contributed by atoms with Gasteiger partial charge in [-0.05, 0) is 38.1 Å². The van der Waals surface area contributed by atoms with Crippen molar-refractivity contribution in [2.24, 2.45) is 11.8 Å². The van der Waals surface area contributed by atoms with Gasteiger partial charge in [-0.2, -0.15) is 0 Å². The van der Waals surface area contributed by atoms with E-state index in [0.717, 1.165) is 17.9 Å². The molecule has 1 aliphatic carbocycles. The third-order valence-corrected chi connectivity index (χ3v) is 3.26. The predicted octanol–water partition coefficient (Wildman–Crippen LogP) is 2.81. The molecule has 1 aliphatic rings. The number of rotatable bonds is 1. The average molecular weight is 169 g/mol. The second-order valence-electron chi connectivity index (χ2n) is 4.59. The van der Waals surface area contributed by atoms with Crippen molar-refractivity contribution in [3.05, 3.63) is 0 Å². The molecule has 1 heteroatoms. The number of hydrogen-bond acceptors (Lipinski definition) is 1. The molecule has 0 aromatic rings. The predicted molar refractivity (Wildman–Crippen MR) is 54.3 cm³/mol. The molecule has 0 amide bonds. The van der Waals surface area contributed by atoms with E-state index in [4.69, 9.17) is 0 Å². The molecule has 1 fully saturated rings. The van der Waals surface area contributed by atoms with E-state index in [1.807, 2.05) is 0 Å². The summed E-state index contributed by atoms with van der Waals surface area (Å²) in [6.07, 6.45) is 7.04. The van der Waals surface area contributed by atoms with Crippen molar-refractivity contribution in [1.82, 2.24) is 5.32 Å². The Labute approximate surface area is 76.9 Å². The quantitative estimate of drug-likeness (QED) is 0.636. The van der Waals surface area contributed by atoms with Crippen molar-refractivity contribution >= 4 is 0 Å². The first-order valence-corrected chi connectivity index (χ1v) is 5.39. The zero-order valence-corrected chi connectivity index (χ0v) is 8.77. The van der Waals surface area contributed by atoms with Gasteiger partial charge in [0.15, 0.2) is 0 Å². The van der Waals surface area contributed by atoms with Crippen molar-refractivity contribution in [2.45, 2.75) is 52.0 Å². The van der Waals surface area contributed by atoms with Crippen LogP contribution in [0.1, 0.15) is 46.0 Å². The molecule has 0 radical (unpaired) electrons.